The number of amides is 2. The molecule has 0 aromatic carbocycles. The molecule has 1 heterocycles. The third kappa shape index (κ3) is 4.18. The number of hydrogen-bond acceptors (Lipinski definition) is 5. The highest BCUT2D eigenvalue weighted by Gasteiger charge is 2.47. The molecule has 0 bridgehead atoms. The van der Waals surface area contributed by atoms with Crippen LogP contribution >= 0.6 is 0 Å². The quantitative estimate of drug-likeness (QED) is 0.451. The van der Waals surface area contributed by atoms with Gasteiger partial charge in [-0.2, -0.15) is 0 Å². The van der Waals surface area contributed by atoms with Crippen LogP contribution in [0.25, 0.3) is 0 Å². The normalized spacial score (nSPS) is 21.9. The van der Waals surface area contributed by atoms with E-state index in [-0.39, 0.29) is 13.0 Å². The SMILES string of the molecule is C=CCOC(=O)C1C[C@H](C=C)N(C(=O)OC(C)(C)C)C1=O. The summed E-state index contributed by atoms with van der Waals surface area (Å²) in [6, 6.07) is -0.575. The molecule has 6 nitrogen and oxygen atoms in total. The van der Waals surface area contributed by atoms with Crippen LogP contribution in [0, 0.1) is 5.92 Å². The predicted octanol–water partition coefficient (Wildman–Crippen LogP) is 2.05. The van der Waals surface area contributed by atoms with Crippen molar-refractivity contribution in [2.24, 2.45) is 5.92 Å². The first-order valence-electron chi connectivity index (χ1n) is 6.67. The Kier molecular flexibility index (Phi) is 5.29. The highest BCUT2D eigenvalue weighted by molar-refractivity contribution is 6.06. The lowest BCUT2D eigenvalue weighted by atomic mass is 10.1. The Morgan fingerprint density at radius 2 is 2.00 bits per heavy atom. The predicted molar refractivity (Wildman–Crippen MR) is 76.3 cm³/mol. The molecule has 6 heteroatoms. The van der Waals surface area contributed by atoms with E-state index < -0.39 is 35.5 Å². The van der Waals surface area contributed by atoms with Gasteiger partial charge in [-0.05, 0) is 27.2 Å². The van der Waals surface area contributed by atoms with Crippen molar-refractivity contribution in [3.05, 3.63) is 25.3 Å². The second-order valence-corrected chi connectivity index (χ2v) is 5.70. The first-order valence-corrected chi connectivity index (χ1v) is 6.67. The lowest BCUT2D eigenvalue weighted by Crippen LogP contribution is -2.42. The molecule has 0 spiro atoms. The van der Waals surface area contributed by atoms with Gasteiger partial charge in [0.2, 0.25) is 5.91 Å². The van der Waals surface area contributed by atoms with E-state index in [9.17, 15) is 14.4 Å². The highest BCUT2D eigenvalue weighted by Crippen LogP contribution is 2.28. The molecule has 1 aliphatic heterocycles. The van der Waals surface area contributed by atoms with Crippen molar-refractivity contribution in [3.63, 3.8) is 0 Å². The third-order valence-corrected chi connectivity index (χ3v) is 2.83. The fourth-order valence-electron chi connectivity index (χ4n) is 1.96. The van der Waals surface area contributed by atoms with Crippen LogP contribution in [0.4, 0.5) is 4.79 Å². The second kappa shape index (κ2) is 6.56. The number of carbonyl (C=O) groups is 3. The molecule has 0 aliphatic carbocycles. The monoisotopic (exact) mass is 295 g/mol. The molecule has 2 atom stereocenters. The summed E-state index contributed by atoms with van der Waals surface area (Å²) in [6.45, 7) is 12.1. The first-order chi connectivity index (χ1) is 9.71. The summed E-state index contributed by atoms with van der Waals surface area (Å²) >= 11 is 0. The average molecular weight is 295 g/mol. The van der Waals surface area contributed by atoms with E-state index in [0.29, 0.717) is 0 Å². The Morgan fingerprint density at radius 3 is 2.48 bits per heavy atom. The second-order valence-electron chi connectivity index (χ2n) is 5.70. The topological polar surface area (TPSA) is 72.9 Å². The Bertz CT molecular complexity index is 463. The summed E-state index contributed by atoms with van der Waals surface area (Å²) in [5, 5.41) is 0. The van der Waals surface area contributed by atoms with Crippen LogP contribution in [0.3, 0.4) is 0 Å². The lowest BCUT2D eigenvalue weighted by Gasteiger charge is -2.25. The van der Waals surface area contributed by atoms with Crippen molar-refractivity contribution in [3.8, 4) is 0 Å². The molecule has 0 aromatic heterocycles. The summed E-state index contributed by atoms with van der Waals surface area (Å²) in [7, 11) is 0. The van der Waals surface area contributed by atoms with Gasteiger partial charge in [0.25, 0.3) is 0 Å². The summed E-state index contributed by atoms with van der Waals surface area (Å²) in [6.07, 6.45) is 2.23. The van der Waals surface area contributed by atoms with Gasteiger partial charge in [0.05, 0.1) is 6.04 Å². The molecule has 0 aromatic rings. The Hall–Kier alpha value is -2.11. The maximum atomic E-state index is 12.3. The van der Waals surface area contributed by atoms with E-state index in [4.69, 9.17) is 9.47 Å². The van der Waals surface area contributed by atoms with Crippen molar-refractivity contribution in [1.29, 1.82) is 0 Å². The van der Waals surface area contributed by atoms with Crippen molar-refractivity contribution < 1.29 is 23.9 Å². The van der Waals surface area contributed by atoms with Crippen LogP contribution in [0.15, 0.2) is 25.3 Å². The number of ether oxygens (including phenoxy) is 2. The minimum absolute atomic E-state index is 0.0216. The molecule has 1 saturated heterocycles. The zero-order valence-corrected chi connectivity index (χ0v) is 12.6. The molecular weight excluding hydrogens is 274 g/mol. The number of imide groups is 1. The molecule has 1 rings (SSSR count). The average Bonchev–Trinajstić information content (AvgIpc) is 2.71. The Morgan fingerprint density at radius 1 is 1.38 bits per heavy atom. The maximum Gasteiger partial charge on any atom is 0.417 e. The van der Waals surface area contributed by atoms with Gasteiger partial charge < -0.3 is 9.47 Å². The number of hydrogen-bond donors (Lipinski definition) is 0. The van der Waals surface area contributed by atoms with Crippen LogP contribution in [0.5, 0.6) is 0 Å². The molecule has 116 valence electrons. The molecular formula is C15H21NO5. The van der Waals surface area contributed by atoms with E-state index in [1.807, 2.05) is 0 Å². The van der Waals surface area contributed by atoms with Crippen molar-refractivity contribution in [2.45, 2.75) is 38.8 Å². The van der Waals surface area contributed by atoms with Gasteiger partial charge in [0.1, 0.15) is 18.1 Å². The lowest BCUT2D eigenvalue weighted by molar-refractivity contribution is -0.151. The fraction of sp³-hybridized carbons (Fsp3) is 0.533. The largest absolute Gasteiger partial charge is 0.461 e. The van der Waals surface area contributed by atoms with Gasteiger partial charge in [-0.1, -0.05) is 18.7 Å². The molecule has 1 unspecified atom stereocenters. The zero-order valence-electron chi connectivity index (χ0n) is 12.6. The summed E-state index contributed by atoms with van der Waals surface area (Å²) in [4.78, 5) is 37.1. The van der Waals surface area contributed by atoms with E-state index in [2.05, 4.69) is 13.2 Å². The number of carbonyl (C=O) groups excluding carboxylic acids is 3. The van der Waals surface area contributed by atoms with E-state index in [1.165, 1.54) is 12.2 Å². The van der Waals surface area contributed by atoms with E-state index >= 15 is 0 Å². The Balaban J connectivity index is 2.87. The van der Waals surface area contributed by atoms with Gasteiger partial charge in [0.15, 0.2) is 0 Å². The molecule has 2 amide bonds. The smallest absolute Gasteiger partial charge is 0.417 e. The van der Waals surface area contributed by atoms with Crippen molar-refractivity contribution >= 4 is 18.0 Å². The van der Waals surface area contributed by atoms with Crippen molar-refractivity contribution in [2.75, 3.05) is 6.61 Å². The highest BCUT2D eigenvalue weighted by atomic mass is 16.6. The number of nitrogens with zero attached hydrogens (tertiary/aromatic N) is 1. The molecule has 0 radical (unpaired) electrons. The van der Waals surface area contributed by atoms with E-state index in [1.54, 1.807) is 20.8 Å². The van der Waals surface area contributed by atoms with Crippen LogP contribution in [-0.2, 0) is 19.1 Å². The molecule has 1 fully saturated rings. The van der Waals surface area contributed by atoms with E-state index in [0.717, 1.165) is 4.90 Å². The van der Waals surface area contributed by atoms with Gasteiger partial charge >= 0.3 is 12.1 Å². The minimum atomic E-state index is -1.01. The first kappa shape index (κ1) is 16.9. The standard InChI is InChI=1S/C15H21NO5/c1-6-8-20-13(18)11-9-10(7-2)16(12(11)17)14(19)21-15(3,4)5/h6-7,10-11H,1-2,8-9H2,3-5H3/t10-,11?/m0/s1. The van der Waals surface area contributed by atoms with Gasteiger partial charge in [-0.25, -0.2) is 9.69 Å². The van der Waals surface area contributed by atoms with Crippen LogP contribution in [0.1, 0.15) is 27.2 Å². The van der Waals surface area contributed by atoms with Gasteiger partial charge in [-0.15, -0.1) is 6.58 Å². The summed E-state index contributed by atoms with van der Waals surface area (Å²) in [5.41, 5.74) is -0.732. The molecule has 21 heavy (non-hydrogen) atoms. The van der Waals surface area contributed by atoms with Crippen molar-refractivity contribution in [1.82, 2.24) is 4.90 Å². The van der Waals surface area contributed by atoms with Crippen LogP contribution in [0.2, 0.25) is 0 Å². The van der Waals surface area contributed by atoms with Crippen LogP contribution < -0.4 is 0 Å². The zero-order chi connectivity index (χ0) is 16.2. The number of esters is 1. The minimum Gasteiger partial charge on any atom is -0.461 e. The summed E-state index contributed by atoms with van der Waals surface area (Å²) in [5.74, 6) is -2.30. The van der Waals surface area contributed by atoms with Gasteiger partial charge in [0, 0.05) is 0 Å². The Labute approximate surface area is 124 Å². The molecule has 0 saturated carbocycles. The fourth-order valence-corrected chi connectivity index (χ4v) is 1.96. The third-order valence-electron chi connectivity index (χ3n) is 2.83. The van der Waals surface area contributed by atoms with Gasteiger partial charge in [-0.3, -0.25) is 9.59 Å². The molecule has 1 aliphatic rings. The summed E-state index contributed by atoms with van der Waals surface area (Å²) < 4.78 is 10.1. The maximum absolute atomic E-state index is 12.3. The van der Waals surface area contributed by atoms with Crippen LogP contribution in [-0.4, -0.2) is 41.1 Å². The number of likely N-dealkylation sites (tertiary alicyclic amines) is 1. The molecule has 0 N–H and O–H groups in total. The number of rotatable bonds is 4.